The van der Waals surface area contributed by atoms with Crippen molar-refractivity contribution in [3.63, 3.8) is 0 Å². The Morgan fingerprint density at radius 3 is 2.71 bits per heavy atom. The van der Waals surface area contributed by atoms with Gasteiger partial charge in [-0.25, -0.2) is 0 Å². The molecule has 0 saturated carbocycles. The highest BCUT2D eigenvalue weighted by Gasteiger charge is 2.35. The lowest BCUT2D eigenvalue weighted by Gasteiger charge is -2.38. The van der Waals surface area contributed by atoms with Crippen molar-refractivity contribution < 1.29 is 9.53 Å². The molecule has 0 bridgehead atoms. The number of aryl methyl sites for hydroxylation is 1. The van der Waals surface area contributed by atoms with Crippen LogP contribution < -0.4 is 5.32 Å². The van der Waals surface area contributed by atoms with E-state index in [0.717, 1.165) is 36.3 Å². The Hall–Kier alpha value is -2.24. The Morgan fingerprint density at radius 1 is 1.14 bits per heavy atom. The molecule has 28 heavy (non-hydrogen) atoms. The maximum absolute atomic E-state index is 12.6. The van der Waals surface area contributed by atoms with Crippen LogP contribution in [-0.4, -0.2) is 34.8 Å². The summed E-state index contributed by atoms with van der Waals surface area (Å²) in [5.74, 6) is 0.107. The number of ether oxygens (including phenoxy) is 1. The second-order valence-electron chi connectivity index (χ2n) is 7.52. The molecular formula is C22H26ClN3O2. The Morgan fingerprint density at radius 2 is 1.93 bits per heavy atom. The van der Waals surface area contributed by atoms with Crippen LogP contribution in [0.5, 0.6) is 0 Å². The van der Waals surface area contributed by atoms with E-state index < -0.39 is 0 Å². The van der Waals surface area contributed by atoms with Gasteiger partial charge in [-0.2, -0.15) is 0 Å². The van der Waals surface area contributed by atoms with Crippen LogP contribution in [0.4, 0.5) is 0 Å². The van der Waals surface area contributed by atoms with Crippen LogP contribution in [0.25, 0.3) is 10.9 Å². The van der Waals surface area contributed by atoms with Gasteiger partial charge in [0, 0.05) is 55.4 Å². The average molecular weight is 400 g/mol. The Kier molecular flexibility index (Phi) is 5.74. The first-order valence-electron chi connectivity index (χ1n) is 9.89. The number of aromatic nitrogens is 2. The maximum atomic E-state index is 12.6. The second-order valence-corrected chi connectivity index (χ2v) is 7.96. The molecule has 2 aromatic heterocycles. The topological polar surface area (TPSA) is 48.2 Å². The minimum Gasteiger partial charge on any atom is -0.381 e. The molecule has 148 valence electrons. The summed E-state index contributed by atoms with van der Waals surface area (Å²) in [5.41, 5.74) is 0.965. The van der Waals surface area contributed by atoms with Crippen LogP contribution >= 0.6 is 11.6 Å². The number of benzene rings is 1. The van der Waals surface area contributed by atoms with Crippen molar-refractivity contribution in [2.24, 2.45) is 0 Å². The van der Waals surface area contributed by atoms with Crippen molar-refractivity contribution in [3.8, 4) is 0 Å². The van der Waals surface area contributed by atoms with Gasteiger partial charge in [0.2, 0.25) is 5.91 Å². The van der Waals surface area contributed by atoms with Gasteiger partial charge in [-0.3, -0.25) is 4.79 Å². The first-order valence-corrected chi connectivity index (χ1v) is 10.3. The predicted octanol–water partition coefficient (Wildman–Crippen LogP) is 4.20. The molecule has 1 saturated heterocycles. The monoisotopic (exact) mass is 399 g/mol. The highest BCUT2D eigenvalue weighted by molar-refractivity contribution is 6.31. The van der Waals surface area contributed by atoms with Gasteiger partial charge in [-0.05, 0) is 55.0 Å². The zero-order chi connectivity index (χ0) is 19.4. The summed E-state index contributed by atoms with van der Waals surface area (Å²) in [4.78, 5) is 12.6. The molecule has 3 aromatic rings. The number of hydrogen-bond donors (Lipinski definition) is 1. The molecule has 3 heterocycles. The van der Waals surface area contributed by atoms with Crippen LogP contribution in [-0.2, 0) is 21.6 Å². The van der Waals surface area contributed by atoms with Gasteiger partial charge in [-0.15, -0.1) is 0 Å². The number of amides is 1. The summed E-state index contributed by atoms with van der Waals surface area (Å²) in [7, 11) is 0. The molecule has 0 radical (unpaired) electrons. The largest absolute Gasteiger partial charge is 0.381 e. The molecule has 1 amide bonds. The maximum Gasteiger partial charge on any atom is 0.222 e. The van der Waals surface area contributed by atoms with Crippen LogP contribution in [0.2, 0.25) is 5.02 Å². The second kappa shape index (κ2) is 8.41. The quantitative estimate of drug-likeness (QED) is 0.605. The molecule has 1 N–H and O–H groups in total. The lowest BCUT2D eigenvalue weighted by molar-refractivity contribution is -0.124. The van der Waals surface area contributed by atoms with Gasteiger partial charge in [0.1, 0.15) is 0 Å². The highest BCUT2D eigenvalue weighted by atomic mass is 35.5. The molecule has 6 heteroatoms. The number of carbonyl (C=O) groups is 1. The molecule has 1 aromatic carbocycles. The zero-order valence-electron chi connectivity index (χ0n) is 15.9. The fourth-order valence-corrected chi connectivity index (χ4v) is 4.29. The van der Waals surface area contributed by atoms with E-state index in [2.05, 4.69) is 39.1 Å². The van der Waals surface area contributed by atoms with Crippen LogP contribution in [0.1, 0.15) is 25.7 Å². The molecule has 0 atom stereocenters. The minimum atomic E-state index is -0.167. The van der Waals surface area contributed by atoms with Crippen LogP contribution in [0.15, 0.2) is 55.0 Å². The lowest BCUT2D eigenvalue weighted by atomic mass is 9.86. The zero-order valence-corrected chi connectivity index (χ0v) is 16.7. The molecule has 0 spiro atoms. The van der Waals surface area contributed by atoms with Gasteiger partial charge < -0.3 is 19.2 Å². The van der Waals surface area contributed by atoms with E-state index in [9.17, 15) is 4.79 Å². The molecular weight excluding hydrogens is 374 g/mol. The van der Waals surface area contributed by atoms with Gasteiger partial charge in [-0.1, -0.05) is 17.7 Å². The summed E-state index contributed by atoms with van der Waals surface area (Å²) in [6.07, 6.45) is 9.29. The molecule has 1 aliphatic rings. The van der Waals surface area contributed by atoms with Crippen molar-refractivity contribution in [1.29, 1.82) is 0 Å². The van der Waals surface area contributed by atoms with Crippen molar-refractivity contribution in [2.45, 2.75) is 37.8 Å². The van der Waals surface area contributed by atoms with Gasteiger partial charge in [0.15, 0.2) is 0 Å². The van der Waals surface area contributed by atoms with E-state index in [0.29, 0.717) is 26.2 Å². The first kappa shape index (κ1) is 19.1. The smallest absolute Gasteiger partial charge is 0.222 e. The first-order chi connectivity index (χ1) is 13.7. The number of nitrogens with one attached hydrogen (secondary N) is 1. The lowest BCUT2D eigenvalue weighted by Crippen LogP contribution is -2.43. The number of fused-ring (bicyclic) bond motifs is 1. The number of rotatable bonds is 7. The standard InChI is InChI=1S/C22H26ClN3O2/c23-19-5-4-18-6-13-25(20(18)16-19)10-3-9-24-21(27)17-22(7-14-28-15-8-22)26-11-1-2-12-26/h1-2,4-6,11-13,16H,3,7-10,14-15,17H2,(H,24,27). The van der Waals surface area contributed by atoms with Gasteiger partial charge >= 0.3 is 0 Å². The van der Waals surface area contributed by atoms with E-state index in [1.165, 1.54) is 5.39 Å². The number of hydrogen-bond acceptors (Lipinski definition) is 2. The summed E-state index contributed by atoms with van der Waals surface area (Å²) >= 11 is 6.12. The Balaban J connectivity index is 1.31. The summed E-state index contributed by atoms with van der Waals surface area (Å²) in [5, 5.41) is 5.03. The third-order valence-corrected chi connectivity index (χ3v) is 5.93. The molecule has 1 aliphatic heterocycles. The van der Waals surface area contributed by atoms with E-state index in [1.54, 1.807) is 0 Å². The van der Waals surface area contributed by atoms with Crippen molar-refractivity contribution in [1.82, 2.24) is 14.5 Å². The molecule has 1 fully saturated rings. The van der Waals surface area contributed by atoms with Gasteiger partial charge in [0.05, 0.1) is 12.0 Å². The Labute approximate surface area is 170 Å². The van der Waals surface area contributed by atoms with Gasteiger partial charge in [0.25, 0.3) is 0 Å². The predicted molar refractivity (Wildman–Crippen MR) is 112 cm³/mol. The summed E-state index contributed by atoms with van der Waals surface area (Å²) in [6.45, 7) is 2.92. The molecule has 0 unspecified atom stereocenters. The summed E-state index contributed by atoms with van der Waals surface area (Å²) < 4.78 is 9.90. The van der Waals surface area contributed by atoms with E-state index in [-0.39, 0.29) is 11.4 Å². The van der Waals surface area contributed by atoms with E-state index >= 15 is 0 Å². The molecule has 4 rings (SSSR count). The van der Waals surface area contributed by atoms with E-state index in [1.807, 2.05) is 30.3 Å². The third-order valence-electron chi connectivity index (χ3n) is 5.70. The average Bonchev–Trinajstić information content (AvgIpc) is 3.36. The van der Waals surface area contributed by atoms with Crippen molar-refractivity contribution in [3.05, 3.63) is 60.0 Å². The van der Waals surface area contributed by atoms with Crippen molar-refractivity contribution in [2.75, 3.05) is 19.8 Å². The highest BCUT2D eigenvalue weighted by Crippen LogP contribution is 2.33. The van der Waals surface area contributed by atoms with E-state index in [4.69, 9.17) is 16.3 Å². The number of carbonyl (C=O) groups excluding carboxylic acids is 1. The fourth-order valence-electron chi connectivity index (χ4n) is 4.12. The SMILES string of the molecule is O=C(CC1(n2cccc2)CCOCC1)NCCCn1ccc2ccc(Cl)cc21. The Bertz CT molecular complexity index is 927. The molecule has 5 nitrogen and oxygen atoms in total. The normalized spacial score (nSPS) is 16.3. The minimum absolute atomic E-state index is 0.107. The molecule has 0 aliphatic carbocycles. The fraction of sp³-hybridized carbons (Fsp3) is 0.409. The van der Waals surface area contributed by atoms with Crippen LogP contribution in [0.3, 0.4) is 0 Å². The number of halogens is 1. The number of nitrogens with zero attached hydrogens (tertiary/aromatic N) is 2. The summed E-state index contributed by atoms with van der Waals surface area (Å²) in [6, 6.07) is 12.1. The third kappa shape index (κ3) is 4.10. The van der Waals surface area contributed by atoms with Crippen LogP contribution in [0, 0.1) is 0 Å². The van der Waals surface area contributed by atoms with Crippen molar-refractivity contribution >= 4 is 28.4 Å².